The van der Waals surface area contributed by atoms with Gasteiger partial charge in [0.1, 0.15) is 0 Å². The highest BCUT2D eigenvalue weighted by Crippen LogP contribution is 2.41. The predicted octanol–water partition coefficient (Wildman–Crippen LogP) is 1.42. The van der Waals surface area contributed by atoms with Crippen molar-refractivity contribution >= 4 is 11.3 Å². The normalized spacial score (nSPS) is 32.4. The lowest BCUT2D eigenvalue weighted by molar-refractivity contribution is 0.129. The summed E-state index contributed by atoms with van der Waals surface area (Å²) < 4.78 is 0. The molecule has 2 aliphatic heterocycles. The maximum absolute atomic E-state index is 3.51. The van der Waals surface area contributed by atoms with E-state index >= 15 is 0 Å². The molecule has 76 valence electrons. The Balaban J connectivity index is 2.11. The summed E-state index contributed by atoms with van der Waals surface area (Å²) in [5.74, 6) is 0. The summed E-state index contributed by atoms with van der Waals surface area (Å²) in [6, 6.07) is 2.31. The van der Waals surface area contributed by atoms with Gasteiger partial charge in [-0.1, -0.05) is 0 Å². The Hall–Kier alpha value is -0.380. The molecule has 1 unspecified atom stereocenters. The minimum atomic E-state index is 0.335. The lowest BCUT2D eigenvalue weighted by Gasteiger charge is -2.42. The summed E-state index contributed by atoms with van der Waals surface area (Å²) in [6.45, 7) is 3.52. The number of thiophene rings is 1. The maximum atomic E-state index is 3.51. The van der Waals surface area contributed by atoms with Crippen molar-refractivity contribution in [3.05, 3.63) is 21.9 Å². The molecule has 1 atom stereocenters. The van der Waals surface area contributed by atoms with E-state index in [1.54, 1.807) is 10.4 Å². The first kappa shape index (κ1) is 8.89. The van der Waals surface area contributed by atoms with Gasteiger partial charge in [-0.2, -0.15) is 0 Å². The van der Waals surface area contributed by atoms with Gasteiger partial charge in [-0.3, -0.25) is 4.90 Å². The third kappa shape index (κ3) is 1.03. The van der Waals surface area contributed by atoms with Crippen LogP contribution in [0.1, 0.15) is 16.9 Å². The molecule has 2 aliphatic rings. The Bertz CT molecular complexity index is 339. The van der Waals surface area contributed by atoms with E-state index in [4.69, 9.17) is 0 Å². The molecule has 2 nitrogen and oxygen atoms in total. The smallest absolute Gasteiger partial charge is 0.0692 e. The lowest BCUT2D eigenvalue weighted by atomic mass is 9.87. The van der Waals surface area contributed by atoms with Gasteiger partial charge in [-0.25, -0.2) is 0 Å². The summed E-state index contributed by atoms with van der Waals surface area (Å²) in [6.07, 6.45) is 2.51. The SMILES string of the molecule is CN1CCc2ccsc2C12CCNC2. The molecule has 1 aromatic rings. The van der Waals surface area contributed by atoms with Gasteiger partial charge < -0.3 is 5.32 Å². The molecule has 3 rings (SSSR count). The van der Waals surface area contributed by atoms with Crippen molar-refractivity contribution < 1.29 is 0 Å². The number of rotatable bonds is 0. The van der Waals surface area contributed by atoms with Gasteiger partial charge in [0.25, 0.3) is 0 Å². The number of hydrogen-bond acceptors (Lipinski definition) is 3. The number of nitrogens with one attached hydrogen (secondary N) is 1. The highest BCUT2D eigenvalue weighted by molar-refractivity contribution is 7.10. The van der Waals surface area contributed by atoms with E-state index in [9.17, 15) is 0 Å². The third-order valence-electron chi connectivity index (χ3n) is 3.75. The number of hydrogen-bond donors (Lipinski definition) is 1. The van der Waals surface area contributed by atoms with Crippen molar-refractivity contribution in [3.8, 4) is 0 Å². The molecule has 0 radical (unpaired) electrons. The van der Waals surface area contributed by atoms with Crippen molar-refractivity contribution in [1.82, 2.24) is 10.2 Å². The van der Waals surface area contributed by atoms with E-state index in [-0.39, 0.29) is 0 Å². The van der Waals surface area contributed by atoms with Crippen LogP contribution in [0, 0.1) is 0 Å². The first-order chi connectivity index (χ1) is 6.83. The molecule has 1 spiro atoms. The lowest BCUT2D eigenvalue weighted by Crippen LogP contribution is -2.49. The van der Waals surface area contributed by atoms with Crippen molar-refractivity contribution in [2.45, 2.75) is 18.4 Å². The van der Waals surface area contributed by atoms with E-state index in [0.29, 0.717) is 5.54 Å². The summed E-state index contributed by atoms with van der Waals surface area (Å²) in [5, 5.41) is 5.76. The van der Waals surface area contributed by atoms with Gasteiger partial charge >= 0.3 is 0 Å². The molecule has 0 saturated carbocycles. The number of likely N-dealkylation sites (N-methyl/N-ethyl adjacent to an activating group) is 1. The Kier molecular flexibility index (Phi) is 1.94. The van der Waals surface area contributed by atoms with Gasteiger partial charge in [0.05, 0.1) is 5.54 Å². The molecule has 14 heavy (non-hydrogen) atoms. The standard InChI is InChI=1S/C11H16N2S/c1-13-6-2-9-3-7-14-10(9)11(13)4-5-12-8-11/h3,7,12H,2,4-6,8H2,1H3. The van der Waals surface area contributed by atoms with Crippen molar-refractivity contribution in [2.75, 3.05) is 26.7 Å². The predicted molar refractivity (Wildman–Crippen MR) is 59.8 cm³/mol. The Morgan fingerprint density at radius 3 is 3.29 bits per heavy atom. The van der Waals surface area contributed by atoms with Crippen molar-refractivity contribution in [3.63, 3.8) is 0 Å². The molecule has 1 aromatic heterocycles. The van der Waals surface area contributed by atoms with Gasteiger partial charge in [0.2, 0.25) is 0 Å². The van der Waals surface area contributed by atoms with Crippen LogP contribution in [0.25, 0.3) is 0 Å². The third-order valence-corrected chi connectivity index (χ3v) is 4.90. The minimum absolute atomic E-state index is 0.335. The fraction of sp³-hybridized carbons (Fsp3) is 0.636. The van der Waals surface area contributed by atoms with Crippen LogP contribution in [-0.2, 0) is 12.0 Å². The van der Waals surface area contributed by atoms with E-state index in [1.165, 1.54) is 25.9 Å². The van der Waals surface area contributed by atoms with Crippen LogP contribution < -0.4 is 5.32 Å². The van der Waals surface area contributed by atoms with Crippen molar-refractivity contribution in [2.24, 2.45) is 0 Å². The van der Waals surface area contributed by atoms with Crippen LogP contribution in [0.4, 0.5) is 0 Å². The first-order valence-corrected chi connectivity index (χ1v) is 6.20. The van der Waals surface area contributed by atoms with Crippen LogP contribution in [0.5, 0.6) is 0 Å². The number of nitrogens with zero attached hydrogens (tertiary/aromatic N) is 1. The molecule has 1 saturated heterocycles. The second kappa shape index (κ2) is 3.05. The van der Waals surface area contributed by atoms with Crippen LogP contribution in [0.15, 0.2) is 11.4 Å². The molecule has 0 amide bonds. The van der Waals surface area contributed by atoms with Gasteiger partial charge in [-0.15, -0.1) is 11.3 Å². The zero-order chi connectivity index (χ0) is 9.60. The average molecular weight is 208 g/mol. The van der Waals surface area contributed by atoms with Crippen LogP contribution >= 0.6 is 11.3 Å². The van der Waals surface area contributed by atoms with E-state index < -0.39 is 0 Å². The molecule has 0 bridgehead atoms. The Morgan fingerprint density at radius 1 is 1.57 bits per heavy atom. The second-order valence-electron chi connectivity index (χ2n) is 4.40. The molecule has 3 heterocycles. The largest absolute Gasteiger partial charge is 0.314 e. The van der Waals surface area contributed by atoms with E-state index in [0.717, 1.165) is 6.54 Å². The van der Waals surface area contributed by atoms with Crippen LogP contribution in [0.3, 0.4) is 0 Å². The minimum Gasteiger partial charge on any atom is -0.314 e. The highest BCUT2D eigenvalue weighted by Gasteiger charge is 2.43. The molecular formula is C11H16N2S. The Labute approximate surface area is 88.9 Å². The average Bonchev–Trinajstić information content (AvgIpc) is 2.82. The van der Waals surface area contributed by atoms with Gasteiger partial charge in [0.15, 0.2) is 0 Å². The summed E-state index contributed by atoms with van der Waals surface area (Å²) in [7, 11) is 2.27. The maximum Gasteiger partial charge on any atom is 0.0692 e. The molecule has 3 heteroatoms. The number of fused-ring (bicyclic) bond motifs is 2. The summed E-state index contributed by atoms with van der Waals surface area (Å²) in [4.78, 5) is 4.17. The highest BCUT2D eigenvalue weighted by atomic mass is 32.1. The molecular weight excluding hydrogens is 192 g/mol. The second-order valence-corrected chi connectivity index (χ2v) is 5.32. The monoisotopic (exact) mass is 208 g/mol. The quantitative estimate of drug-likeness (QED) is 0.694. The Morgan fingerprint density at radius 2 is 2.50 bits per heavy atom. The molecule has 0 aliphatic carbocycles. The zero-order valence-corrected chi connectivity index (χ0v) is 9.36. The van der Waals surface area contributed by atoms with Crippen LogP contribution in [0.2, 0.25) is 0 Å². The summed E-state index contributed by atoms with van der Waals surface area (Å²) in [5.41, 5.74) is 1.93. The topological polar surface area (TPSA) is 15.3 Å². The first-order valence-electron chi connectivity index (χ1n) is 5.32. The van der Waals surface area contributed by atoms with Gasteiger partial charge in [0, 0.05) is 18.0 Å². The van der Waals surface area contributed by atoms with E-state index in [1.807, 2.05) is 11.3 Å². The summed E-state index contributed by atoms with van der Waals surface area (Å²) >= 11 is 1.94. The van der Waals surface area contributed by atoms with Crippen molar-refractivity contribution in [1.29, 1.82) is 0 Å². The molecule has 0 aromatic carbocycles. The van der Waals surface area contributed by atoms with Gasteiger partial charge in [-0.05, 0) is 43.4 Å². The molecule has 1 fully saturated rings. The van der Waals surface area contributed by atoms with Crippen LogP contribution in [-0.4, -0.2) is 31.6 Å². The fourth-order valence-electron chi connectivity index (χ4n) is 2.81. The molecule has 1 N–H and O–H groups in total. The fourth-order valence-corrected chi connectivity index (χ4v) is 4.05. The van der Waals surface area contributed by atoms with E-state index in [2.05, 4.69) is 28.7 Å². The zero-order valence-electron chi connectivity index (χ0n) is 8.55.